The first-order valence-electron chi connectivity index (χ1n) is 7.18. The Morgan fingerprint density at radius 1 is 1.21 bits per heavy atom. The van der Waals surface area contributed by atoms with Crippen LogP contribution >= 0.6 is 11.6 Å². The molecule has 3 heterocycles. The van der Waals surface area contributed by atoms with E-state index in [2.05, 4.69) is 10.4 Å². The van der Waals surface area contributed by atoms with Gasteiger partial charge >= 0.3 is 6.03 Å². The Labute approximate surface area is 142 Å². The maximum Gasteiger partial charge on any atom is 0.346 e. The van der Waals surface area contributed by atoms with E-state index in [-0.39, 0.29) is 11.2 Å². The lowest BCUT2D eigenvalue weighted by molar-refractivity contribution is -0.379. The summed E-state index contributed by atoms with van der Waals surface area (Å²) in [6.45, 7) is 0. The van der Waals surface area contributed by atoms with Crippen LogP contribution in [0, 0.1) is 5.21 Å². The molecule has 0 aliphatic carbocycles. The van der Waals surface area contributed by atoms with E-state index in [0.29, 0.717) is 33.2 Å². The van der Waals surface area contributed by atoms with Gasteiger partial charge in [-0.1, -0.05) is 29.8 Å². The molecule has 0 spiro atoms. The van der Waals surface area contributed by atoms with Gasteiger partial charge in [-0.25, -0.2) is 20.1 Å². The molecule has 0 radical (unpaired) electrons. The van der Waals surface area contributed by atoms with Crippen LogP contribution in [0.2, 0.25) is 5.15 Å². The molecule has 1 saturated heterocycles. The summed E-state index contributed by atoms with van der Waals surface area (Å²) in [5.74, 6) is 0.409. The van der Waals surface area contributed by atoms with E-state index in [9.17, 15) is 10.0 Å². The molecule has 1 N–H and O–H groups in total. The van der Waals surface area contributed by atoms with E-state index in [1.165, 1.54) is 16.1 Å². The Morgan fingerprint density at radius 3 is 2.71 bits per heavy atom. The highest BCUT2D eigenvalue weighted by Crippen LogP contribution is 2.32. The Kier molecular flexibility index (Phi) is 3.17. The molecular formula is C16H12ClN5O2. The van der Waals surface area contributed by atoms with Crippen LogP contribution in [0.25, 0.3) is 0 Å². The quantitative estimate of drug-likeness (QED) is 0.490. The zero-order valence-corrected chi connectivity index (χ0v) is 13.4. The number of fused-ring (bicyclic) bond motifs is 3. The van der Waals surface area contributed by atoms with Crippen molar-refractivity contribution in [2.45, 2.75) is 0 Å². The number of carbonyl (C=O) groups is 1. The van der Waals surface area contributed by atoms with Gasteiger partial charge in [-0.2, -0.15) is 4.74 Å². The highest BCUT2D eigenvalue weighted by molar-refractivity contribution is 6.30. The minimum Gasteiger partial charge on any atom is -0.618 e. The van der Waals surface area contributed by atoms with Crippen molar-refractivity contribution in [3.63, 3.8) is 0 Å². The second-order valence-electron chi connectivity index (χ2n) is 5.34. The summed E-state index contributed by atoms with van der Waals surface area (Å²) in [7, 11) is 1.66. The molecule has 2 aliphatic rings. The molecule has 0 saturated carbocycles. The number of pyridine rings is 1. The number of hydrogen-bond acceptors (Lipinski definition) is 4. The zero-order valence-electron chi connectivity index (χ0n) is 12.6. The van der Waals surface area contributed by atoms with E-state index in [0.717, 1.165) is 0 Å². The van der Waals surface area contributed by atoms with E-state index < -0.39 is 0 Å². The maximum atomic E-state index is 12.8. The molecule has 2 amide bonds. The predicted octanol–water partition coefficient (Wildman–Crippen LogP) is 2.27. The van der Waals surface area contributed by atoms with Gasteiger partial charge in [-0.05, 0) is 24.3 Å². The van der Waals surface area contributed by atoms with Crippen molar-refractivity contribution >= 4 is 29.0 Å². The topological polar surface area (TPSA) is 74.5 Å². The molecule has 2 aliphatic heterocycles. The number of aromatic nitrogens is 1. The molecule has 1 aromatic carbocycles. The molecule has 24 heavy (non-hydrogen) atoms. The largest absolute Gasteiger partial charge is 0.618 e. The van der Waals surface area contributed by atoms with Gasteiger partial charge in [0.25, 0.3) is 5.71 Å². The van der Waals surface area contributed by atoms with Gasteiger partial charge in [0.05, 0.1) is 5.69 Å². The van der Waals surface area contributed by atoms with Crippen molar-refractivity contribution in [1.82, 2.24) is 15.4 Å². The molecular weight excluding hydrogens is 330 g/mol. The fourth-order valence-electron chi connectivity index (χ4n) is 2.80. The van der Waals surface area contributed by atoms with Gasteiger partial charge in [0.15, 0.2) is 5.69 Å². The number of nitrogens with one attached hydrogen (secondary N) is 1. The lowest BCUT2D eigenvalue weighted by Gasteiger charge is -2.16. The lowest BCUT2D eigenvalue weighted by Crippen LogP contribution is -2.30. The van der Waals surface area contributed by atoms with Gasteiger partial charge in [0.2, 0.25) is 12.0 Å². The van der Waals surface area contributed by atoms with Gasteiger partial charge in [-0.3, -0.25) is 5.01 Å². The van der Waals surface area contributed by atoms with Gasteiger partial charge < -0.3 is 5.21 Å². The van der Waals surface area contributed by atoms with E-state index in [4.69, 9.17) is 11.6 Å². The first kappa shape index (κ1) is 14.5. The molecule has 1 fully saturated rings. The third kappa shape index (κ3) is 2.10. The summed E-state index contributed by atoms with van der Waals surface area (Å²) in [5, 5.41) is 14.5. The van der Waals surface area contributed by atoms with Crippen LogP contribution in [0.1, 0.15) is 11.3 Å². The van der Waals surface area contributed by atoms with E-state index >= 15 is 0 Å². The van der Waals surface area contributed by atoms with Crippen LogP contribution in [0.15, 0.2) is 54.5 Å². The Balaban J connectivity index is 2.05. The van der Waals surface area contributed by atoms with Crippen LogP contribution < -0.4 is 10.3 Å². The first-order valence-corrected chi connectivity index (χ1v) is 7.56. The third-order valence-electron chi connectivity index (χ3n) is 3.84. The fourth-order valence-corrected chi connectivity index (χ4v) is 2.95. The van der Waals surface area contributed by atoms with Crippen molar-refractivity contribution in [1.29, 1.82) is 0 Å². The van der Waals surface area contributed by atoms with Crippen molar-refractivity contribution in [2.75, 3.05) is 11.9 Å². The number of rotatable bonds is 1. The second kappa shape index (κ2) is 5.24. The number of amides is 2. The predicted molar refractivity (Wildman–Crippen MR) is 89.4 cm³/mol. The maximum absolute atomic E-state index is 12.8. The average Bonchev–Trinajstić information content (AvgIpc) is 2.75. The second-order valence-corrected chi connectivity index (χ2v) is 5.73. The molecule has 4 rings (SSSR count). The summed E-state index contributed by atoms with van der Waals surface area (Å²) >= 11 is 6.05. The van der Waals surface area contributed by atoms with Crippen molar-refractivity contribution in [2.24, 2.45) is 0 Å². The number of anilines is 1. The van der Waals surface area contributed by atoms with Crippen LogP contribution in [0.4, 0.5) is 10.5 Å². The summed E-state index contributed by atoms with van der Waals surface area (Å²) in [5.41, 5.74) is 4.49. The number of nitrogens with zero attached hydrogens (tertiary/aromatic N) is 4. The summed E-state index contributed by atoms with van der Waals surface area (Å²) in [6, 6.07) is 12.1. The third-order valence-corrected chi connectivity index (χ3v) is 4.06. The number of benzene rings is 1. The number of urea groups is 1. The minimum absolute atomic E-state index is 0.243. The standard InChI is InChI=1S/C16H12ClN5O2/c1-20-13-9-21(24)15(10-5-3-2-4-6-10)14-11(7-8-12(17)18-14)22(13)16(23)19-20/h2-9H,1H3,(H,19,23). The smallest absolute Gasteiger partial charge is 0.346 e. The molecule has 0 atom stereocenters. The van der Waals surface area contributed by atoms with Gasteiger partial charge in [-0.15, -0.1) is 0 Å². The first-order chi connectivity index (χ1) is 11.6. The zero-order chi connectivity index (χ0) is 16.8. The molecule has 0 bridgehead atoms. The summed E-state index contributed by atoms with van der Waals surface area (Å²) in [6.07, 6.45) is 1.34. The van der Waals surface area contributed by atoms with Crippen molar-refractivity contribution < 1.29 is 9.53 Å². The van der Waals surface area contributed by atoms with Crippen LogP contribution in [0.3, 0.4) is 0 Å². The Hall–Kier alpha value is -3.06. The van der Waals surface area contributed by atoms with Crippen LogP contribution in [0.5, 0.6) is 0 Å². The molecule has 0 unspecified atom stereocenters. The van der Waals surface area contributed by atoms with Gasteiger partial charge in [0, 0.05) is 12.6 Å². The Bertz CT molecular complexity index is 910. The molecule has 120 valence electrons. The molecule has 7 nitrogen and oxygen atoms in total. The average molecular weight is 342 g/mol. The number of hydrazine groups is 1. The van der Waals surface area contributed by atoms with Crippen molar-refractivity contribution in [3.8, 4) is 0 Å². The van der Waals surface area contributed by atoms with E-state index in [1.807, 2.05) is 30.3 Å². The van der Waals surface area contributed by atoms with Crippen molar-refractivity contribution in [3.05, 3.63) is 76.1 Å². The number of hydroxylamine groups is 1. The SMILES string of the molecule is CN1NC(=O)N2C1=C[N+]([O-])=C(c1ccccc1)c1nc(Cl)ccc12. The fraction of sp³-hybridized carbons (Fsp3) is 0.0625. The highest BCUT2D eigenvalue weighted by Gasteiger charge is 2.39. The Morgan fingerprint density at radius 2 is 1.96 bits per heavy atom. The minimum atomic E-state index is -0.364. The number of carbonyl (C=O) groups excluding carboxylic acids is 1. The number of halogens is 1. The number of hydrogen-bond donors (Lipinski definition) is 1. The molecule has 1 aromatic heterocycles. The monoisotopic (exact) mass is 341 g/mol. The molecule has 8 heteroatoms. The molecule has 2 aromatic rings. The van der Waals surface area contributed by atoms with Gasteiger partial charge in [0.1, 0.15) is 5.15 Å². The van der Waals surface area contributed by atoms with Crippen LogP contribution in [-0.2, 0) is 0 Å². The lowest BCUT2D eigenvalue weighted by atomic mass is 10.1. The summed E-state index contributed by atoms with van der Waals surface area (Å²) < 4.78 is 0.712. The highest BCUT2D eigenvalue weighted by atomic mass is 35.5. The van der Waals surface area contributed by atoms with E-state index in [1.54, 1.807) is 19.2 Å². The van der Waals surface area contributed by atoms with Crippen LogP contribution in [-0.4, -0.2) is 33.5 Å². The summed E-state index contributed by atoms with van der Waals surface area (Å²) in [4.78, 5) is 18.0. The normalized spacial score (nSPS) is 16.4.